The van der Waals surface area contributed by atoms with Crippen molar-refractivity contribution in [1.29, 1.82) is 0 Å². The van der Waals surface area contributed by atoms with E-state index in [1.165, 1.54) is 12.1 Å². The molecule has 1 aromatic heterocycles. The van der Waals surface area contributed by atoms with Gasteiger partial charge in [-0.05, 0) is 36.2 Å². The van der Waals surface area contributed by atoms with Crippen molar-refractivity contribution < 1.29 is 24.0 Å². The predicted octanol–water partition coefficient (Wildman–Crippen LogP) is 1.91. The molecule has 3 heterocycles. The molecule has 1 aromatic carbocycles. The molecule has 2 aliphatic heterocycles. The zero-order chi connectivity index (χ0) is 17.4. The van der Waals surface area contributed by atoms with Gasteiger partial charge in [-0.15, -0.1) is 0 Å². The van der Waals surface area contributed by atoms with Crippen molar-refractivity contribution >= 4 is 17.8 Å². The lowest BCUT2D eigenvalue weighted by Crippen LogP contribution is -2.35. The Kier molecular flexibility index (Phi) is 3.77. The molecule has 2 amide bonds. The molecule has 4 rings (SSSR count). The van der Waals surface area contributed by atoms with Crippen molar-refractivity contribution in [1.82, 2.24) is 10.0 Å². The smallest absolute Gasteiger partial charge is 0.339 e. The van der Waals surface area contributed by atoms with Crippen molar-refractivity contribution in [3.8, 4) is 0 Å². The van der Waals surface area contributed by atoms with Crippen molar-refractivity contribution in [3.63, 3.8) is 0 Å². The standard InChI is InChI=1S/C18H14N2O5/c21-16-12-3-1-2-4-13(12)17(22)20(16)25-18(23)14-7-10-24-15(14)11-5-8-19-9-6-11/h1-6,8-9,14-15H,7,10H2/t14-,15+/m1/s1. The fourth-order valence-corrected chi connectivity index (χ4v) is 3.12. The van der Waals surface area contributed by atoms with Crippen LogP contribution in [0.4, 0.5) is 0 Å². The lowest BCUT2D eigenvalue weighted by Gasteiger charge is -2.20. The molecule has 126 valence electrons. The summed E-state index contributed by atoms with van der Waals surface area (Å²) in [6.07, 6.45) is 3.20. The summed E-state index contributed by atoms with van der Waals surface area (Å²) in [6, 6.07) is 9.89. The lowest BCUT2D eigenvalue weighted by atomic mass is 9.96. The topological polar surface area (TPSA) is 85.8 Å². The first-order chi connectivity index (χ1) is 12.2. The van der Waals surface area contributed by atoms with Crippen LogP contribution in [0.5, 0.6) is 0 Å². The van der Waals surface area contributed by atoms with Gasteiger partial charge < -0.3 is 9.57 Å². The summed E-state index contributed by atoms with van der Waals surface area (Å²) < 4.78 is 5.64. The van der Waals surface area contributed by atoms with Crippen LogP contribution in [0.3, 0.4) is 0 Å². The van der Waals surface area contributed by atoms with E-state index < -0.39 is 29.8 Å². The average molecular weight is 338 g/mol. The molecule has 0 spiro atoms. The Labute approximate surface area is 143 Å². The van der Waals surface area contributed by atoms with Gasteiger partial charge in [-0.1, -0.05) is 17.2 Å². The van der Waals surface area contributed by atoms with Crippen LogP contribution < -0.4 is 0 Å². The van der Waals surface area contributed by atoms with Gasteiger partial charge in [0.15, 0.2) is 0 Å². The number of nitrogens with zero attached hydrogens (tertiary/aromatic N) is 2. The summed E-state index contributed by atoms with van der Waals surface area (Å²) in [7, 11) is 0. The van der Waals surface area contributed by atoms with E-state index >= 15 is 0 Å². The SMILES string of the molecule is O=C(ON1C(=O)c2ccccc2C1=O)[C@@H]1CCO[C@H]1c1ccncc1. The van der Waals surface area contributed by atoms with Crippen LogP contribution >= 0.6 is 0 Å². The number of amides is 2. The first-order valence-electron chi connectivity index (χ1n) is 7.88. The second-order valence-electron chi connectivity index (χ2n) is 5.83. The molecule has 0 radical (unpaired) electrons. The molecule has 0 unspecified atom stereocenters. The molecule has 0 saturated carbocycles. The molecule has 7 nitrogen and oxygen atoms in total. The number of ether oxygens (including phenoxy) is 1. The fraction of sp³-hybridized carbons (Fsp3) is 0.222. The quantitative estimate of drug-likeness (QED) is 0.795. The van der Waals surface area contributed by atoms with Crippen LogP contribution in [0.2, 0.25) is 0 Å². The lowest BCUT2D eigenvalue weighted by molar-refractivity contribution is -0.175. The molecule has 2 atom stereocenters. The zero-order valence-corrected chi connectivity index (χ0v) is 13.1. The first kappa shape index (κ1) is 15.5. The maximum Gasteiger partial charge on any atom is 0.339 e. The number of hydroxylamine groups is 2. The Morgan fingerprint density at radius 1 is 1.08 bits per heavy atom. The number of pyridine rings is 1. The second-order valence-corrected chi connectivity index (χ2v) is 5.83. The number of carbonyl (C=O) groups is 3. The van der Waals surface area contributed by atoms with E-state index in [1.54, 1.807) is 36.7 Å². The number of aromatic nitrogens is 1. The van der Waals surface area contributed by atoms with Gasteiger partial charge in [-0.3, -0.25) is 14.6 Å². The van der Waals surface area contributed by atoms with Crippen molar-refractivity contribution in [2.75, 3.05) is 6.61 Å². The van der Waals surface area contributed by atoms with Crippen molar-refractivity contribution in [2.45, 2.75) is 12.5 Å². The molecule has 0 N–H and O–H groups in total. The molecule has 1 fully saturated rings. The van der Waals surface area contributed by atoms with Crippen LogP contribution in [0, 0.1) is 5.92 Å². The fourth-order valence-electron chi connectivity index (χ4n) is 3.12. The van der Waals surface area contributed by atoms with Crippen LogP contribution in [-0.2, 0) is 14.4 Å². The predicted molar refractivity (Wildman–Crippen MR) is 84.1 cm³/mol. The Balaban J connectivity index is 1.53. The second kappa shape index (κ2) is 6.10. The number of carbonyl (C=O) groups excluding carboxylic acids is 3. The van der Waals surface area contributed by atoms with Crippen molar-refractivity contribution in [2.24, 2.45) is 5.92 Å². The van der Waals surface area contributed by atoms with E-state index in [1.807, 2.05) is 0 Å². The van der Waals surface area contributed by atoms with Crippen LogP contribution in [-0.4, -0.2) is 34.4 Å². The van der Waals surface area contributed by atoms with E-state index in [0.717, 1.165) is 5.56 Å². The monoisotopic (exact) mass is 338 g/mol. The minimum absolute atomic E-state index is 0.230. The molecule has 0 bridgehead atoms. The summed E-state index contributed by atoms with van der Waals surface area (Å²) in [5.41, 5.74) is 1.26. The number of benzene rings is 1. The van der Waals surface area contributed by atoms with E-state index in [4.69, 9.17) is 9.57 Å². The highest BCUT2D eigenvalue weighted by molar-refractivity contribution is 6.20. The minimum Gasteiger partial charge on any atom is -0.373 e. The highest BCUT2D eigenvalue weighted by Gasteiger charge is 2.43. The van der Waals surface area contributed by atoms with Gasteiger partial charge in [-0.25, -0.2) is 4.79 Å². The van der Waals surface area contributed by atoms with Crippen LogP contribution in [0.1, 0.15) is 38.8 Å². The third-order valence-electron chi connectivity index (χ3n) is 4.37. The maximum atomic E-state index is 12.6. The highest BCUT2D eigenvalue weighted by Crippen LogP contribution is 2.35. The van der Waals surface area contributed by atoms with Gasteiger partial charge in [0.05, 0.1) is 23.1 Å². The van der Waals surface area contributed by atoms with Gasteiger partial charge in [0.2, 0.25) is 0 Å². The third kappa shape index (κ3) is 2.58. The van der Waals surface area contributed by atoms with Gasteiger partial charge in [0, 0.05) is 19.0 Å². The molecule has 2 aliphatic rings. The summed E-state index contributed by atoms with van der Waals surface area (Å²) in [4.78, 5) is 46.3. The first-order valence-corrected chi connectivity index (χ1v) is 7.88. The normalized spacial score (nSPS) is 22.2. The van der Waals surface area contributed by atoms with E-state index in [0.29, 0.717) is 18.1 Å². The Morgan fingerprint density at radius 3 is 2.36 bits per heavy atom. The largest absolute Gasteiger partial charge is 0.373 e. The molecule has 2 aromatic rings. The number of imide groups is 1. The summed E-state index contributed by atoms with van der Waals surface area (Å²) in [5.74, 6) is -2.51. The summed E-state index contributed by atoms with van der Waals surface area (Å²) >= 11 is 0. The molecule has 0 aliphatic carbocycles. The molecular weight excluding hydrogens is 324 g/mol. The highest BCUT2D eigenvalue weighted by atomic mass is 16.7. The number of rotatable bonds is 3. The Hall–Kier alpha value is -3.06. The average Bonchev–Trinajstić information content (AvgIpc) is 3.23. The van der Waals surface area contributed by atoms with Gasteiger partial charge >= 0.3 is 5.97 Å². The Morgan fingerprint density at radius 2 is 1.72 bits per heavy atom. The number of hydrogen-bond donors (Lipinski definition) is 0. The molecule has 1 saturated heterocycles. The van der Waals surface area contributed by atoms with Crippen molar-refractivity contribution in [3.05, 3.63) is 65.5 Å². The minimum atomic E-state index is -0.659. The van der Waals surface area contributed by atoms with Gasteiger partial charge in [0.1, 0.15) is 0 Å². The Bertz CT molecular complexity index is 817. The molecule has 25 heavy (non-hydrogen) atoms. The molecule has 7 heteroatoms. The van der Waals surface area contributed by atoms with E-state index in [2.05, 4.69) is 4.98 Å². The summed E-state index contributed by atoms with van der Waals surface area (Å²) in [6.45, 7) is 0.398. The number of fused-ring (bicyclic) bond motifs is 1. The van der Waals surface area contributed by atoms with Crippen LogP contribution in [0.15, 0.2) is 48.8 Å². The van der Waals surface area contributed by atoms with Gasteiger partial charge in [0.25, 0.3) is 11.8 Å². The van der Waals surface area contributed by atoms with Gasteiger partial charge in [-0.2, -0.15) is 0 Å². The third-order valence-corrected chi connectivity index (χ3v) is 4.37. The number of hydrogen-bond acceptors (Lipinski definition) is 6. The molecular formula is C18H14N2O5. The van der Waals surface area contributed by atoms with E-state index in [9.17, 15) is 14.4 Å². The zero-order valence-electron chi connectivity index (χ0n) is 13.1. The van der Waals surface area contributed by atoms with E-state index in [-0.39, 0.29) is 11.1 Å². The maximum absolute atomic E-state index is 12.6. The summed E-state index contributed by atoms with van der Waals surface area (Å²) in [5, 5.41) is 0.537. The van der Waals surface area contributed by atoms with Crippen LogP contribution in [0.25, 0.3) is 0 Å².